The van der Waals surface area contributed by atoms with Crippen molar-refractivity contribution in [1.82, 2.24) is 0 Å². The van der Waals surface area contributed by atoms with Crippen LogP contribution in [0.15, 0.2) is 18.2 Å². The van der Waals surface area contributed by atoms with Gasteiger partial charge in [0.15, 0.2) is 0 Å². The number of nitriles is 1. The zero-order chi connectivity index (χ0) is 14.4. The van der Waals surface area contributed by atoms with Crippen molar-refractivity contribution < 1.29 is 4.92 Å². The molecule has 1 aromatic rings. The Morgan fingerprint density at radius 1 is 1.47 bits per heavy atom. The molecule has 102 valence electrons. The standard InChI is InChI=1S/C14H19N3O2/c1-4-8-16(11(3)5-2)13-7-6-12(10-15)14(9-13)17(18)19/h6-7,9,11H,4-5,8H2,1-3H3/t11-/m0/s1. The molecule has 0 radical (unpaired) electrons. The minimum absolute atomic E-state index is 0.106. The quantitative estimate of drug-likeness (QED) is 0.580. The van der Waals surface area contributed by atoms with E-state index in [1.54, 1.807) is 6.07 Å². The summed E-state index contributed by atoms with van der Waals surface area (Å²) in [6.07, 6.45) is 1.94. The monoisotopic (exact) mass is 261 g/mol. The van der Waals surface area contributed by atoms with Crippen LogP contribution in [0.4, 0.5) is 11.4 Å². The first-order valence-corrected chi connectivity index (χ1v) is 6.50. The van der Waals surface area contributed by atoms with Gasteiger partial charge in [0.2, 0.25) is 0 Å². The van der Waals surface area contributed by atoms with E-state index in [1.807, 2.05) is 6.07 Å². The molecular weight excluding hydrogens is 242 g/mol. The highest BCUT2D eigenvalue weighted by Gasteiger charge is 2.19. The van der Waals surface area contributed by atoms with Crippen molar-refractivity contribution in [3.05, 3.63) is 33.9 Å². The van der Waals surface area contributed by atoms with Gasteiger partial charge < -0.3 is 4.90 Å². The van der Waals surface area contributed by atoms with Gasteiger partial charge in [-0.25, -0.2) is 0 Å². The Hall–Kier alpha value is -2.09. The average molecular weight is 261 g/mol. The molecule has 0 saturated carbocycles. The predicted molar refractivity (Wildman–Crippen MR) is 75.2 cm³/mol. The van der Waals surface area contributed by atoms with E-state index in [2.05, 4.69) is 25.7 Å². The number of nitro benzene ring substituents is 1. The smallest absolute Gasteiger partial charge is 0.289 e. The Labute approximate surface area is 113 Å². The van der Waals surface area contributed by atoms with Crippen LogP contribution < -0.4 is 4.90 Å². The molecule has 0 amide bonds. The van der Waals surface area contributed by atoms with Crippen molar-refractivity contribution in [2.75, 3.05) is 11.4 Å². The zero-order valence-electron chi connectivity index (χ0n) is 11.6. The summed E-state index contributed by atoms with van der Waals surface area (Å²) < 4.78 is 0. The second-order valence-corrected chi connectivity index (χ2v) is 4.52. The first-order chi connectivity index (χ1) is 9.04. The lowest BCUT2D eigenvalue weighted by atomic mass is 10.1. The lowest BCUT2D eigenvalue weighted by Gasteiger charge is -2.30. The molecule has 0 saturated heterocycles. The SMILES string of the molecule is CCCN(c1ccc(C#N)c([N+](=O)[O-])c1)[C@@H](C)CC. The summed E-state index contributed by atoms with van der Waals surface area (Å²) in [6.45, 7) is 7.11. The minimum Gasteiger partial charge on any atom is -0.369 e. The molecule has 1 atom stereocenters. The number of rotatable bonds is 6. The van der Waals surface area contributed by atoms with Gasteiger partial charge in [0.05, 0.1) is 4.92 Å². The van der Waals surface area contributed by atoms with Crippen molar-refractivity contribution in [2.24, 2.45) is 0 Å². The first-order valence-electron chi connectivity index (χ1n) is 6.50. The van der Waals surface area contributed by atoms with Crippen molar-refractivity contribution in [2.45, 2.75) is 39.7 Å². The second-order valence-electron chi connectivity index (χ2n) is 4.52. The topological polar surface area (TPSA) is 70.2 Å². The molecule has 0 spiro atoms. The maximum atomic E-state index is 11.0. The first kappa shape index (κ1) is 15.0. The summed E-state index contributed by atoms with van der Waals surface area (Å²) in [5, 5.41) is 19.9. The Bertz CT molecular complexity index is 494. The second kappa shape index (κ2) is 6.74. The minimum atomic E-state index is -0.497. The molecule has 0 aliphatic rings. The normalized spacial score (nSPS) is 11.7. The van der Waals surface area contributed by atoms with Gasteiger partial charge in [0.25, 0.3) is 5.69 Å². The third-order valence-electron chi connectivity index (χ3n) is 3.22. The van der Waals surface area contributed by atoms with Gasteiger partial charge in [-0.15, -0.1) is 0 Å². The molecule has 0 aliphatic heterocycles. The van der Waals surface area contributed by atoms with E-state index in [0.29, 0.717) is 6.04 Å². The van der Waals surface area contributed by atoms with Crippen molar-refractivity contribution in [1.29, 1.82) is 5.26 Å². The van der Waals surface area contributed by atoms with Gasteiger partial charge in [0, 0.05) is 24.3 Å². The third kappa shape index (κ3) is 3.44. The Morgan fingerprint density at radius 3 is 2.63 bits per heavy atom. The van der Waals surface area contributed by atoms with E-state index in [1.165, 1.54) is 12.1 Å². The van der Waals surface area contributed by atoms with Gasteiger partial charge in [-0.05, 0) is 31.9 Å². The van der Waals surface area contributed by atoms with Gasteiger partial charge in [-0.3, -0.25) is 10.1 Å². The molecule has 0 N–H and O–H groups in total. The van der Waals surface area contributed by atoms with Crippen LogP contribution in [0.3, 0.4) is 0 Å². The molecule has 5 nitrogen and oxygen atoms in total. The lowest BCUT2D eigenvalue weighted by Crippen LogP contribution is -2.33. The summed E-state index contributed by atoms with van der Waals surface area (Å²) in [4.78, 5) is 12.6. The number of hydrogen-bond donors (Lipinski definition) is 0. The third-order valence-corrected chi connectivity index (χ3v) is 3.22. The summed E-state index contributed by atoms with van der Waals surface area (Å²) in [7, 11) is 0. The fraction of sp³-hybridized carbons (Fsp3) is 0.500. The van der Waals surface area contributed by atoms with Crippen LogP contribution in [-0.2, 0) is 0 Å². The maximum Gasteiger partial charge on any atom is 0.289 e. The summed E-state index contributed by atoms with van der Waals surface area (Å²) in [6, 6.07) is 6.98. The van der Waals surface area contributed by atoms with E-state index < -0.39 is 4.92 Å². The average Bonchev–Trinajstić information content (AvgIpc) is 2.43. The maximum absolute atomic E-state index is 11.0. The summed E-state index contributed by atoms with van der Waals surface area (Å²) in [5.74, 6) is 0. The zero-order valence-corrected chi connectivity index (χ0v) is 11.6. The van der Waals surface area contributed by atoms with Crippen LogP contribution in [0.2, 0.25) is 0 Å². The highest BCUT2D eigenvalue weighted by atomic mass is 16.6. The van der Waals surface area contributed by atoms with Crippen molar-refractivity contribution in [3.63, 3.8) is 0 Å². The fourth-order valence-corrected chi connectivity index (χ4v) is 2.01. The number of anilines is 1. The molecule has 19 heavy (non-hydrogen) atoms. The highest BCUT2D eigenvalue weighted by molar-refractivity contribution is 5.60. The number of nitro groups is 1. The van der Waals surface area contributed by atoms with Crippen LogP contribution >= 0.6 is 0 Å². The largest absolute Gasteiger partial charge is 0.369 e. The molecular formula is C14H19N3O2. The Kier molecular flexibility index (Phi) is 5.31. The molecule has 5 heteroatoms. The number of nitrogens with zero attached hydrogens (tertiary/aromatic N) is 3. The van der Waals surface area contributed by atoms with Crippen molar-refractivity contribution in [3.8, 4) is 6.07 Å². The van der Waals surface area contributed by atoms with Gasteiger partial charge in [-0.1, -0.05) is 13.8 Å². The van der Waals surface area contributed by atoms with Crippen LogP contribution in [0, 0.1) is 21.4 Å². The van der Waals surface area contributed by atoms with Crippen LogP contribution in [0.5, 0.6) is 0 Å². The summed E-state index contributed by atoms with van der Waals surface area (Å²) in [5.41, 5.74) is 0.792. The molecule has 0 unspecified atom stereocenters. The molecule has 0 aliphatic carbocycles. The molecule has 0 bridgehead atoms. The van der Waals surface area contributed by atoms with Crippen molar-refractivity contribution >= 4 is 11.4 Å². The van der Waals surface area contributed by atoms with Crippen LogP contribution in [0.1, 0.15) is 39.2 Å². The van der Waals surface area contributed by atoms with Crippen LogP contribution in [-0.4, -0.2) is 17.5 Å². The summed E-state index contributed by atoms with van der Waals surface area (Å²) >= 11 is 0. The highest BCUT2D eigenvalue weighted by Crippen LogP contribution is 2.27. The van der Waals surface area contributed by atoms with E-state index in [4.69, 9.17) is 5.26 Å². The van der Waals surface area contributed by atoms with E-state index >= 15 is 0 Å². The van der Waals surface area contributed by atoms with Crippen LogP contribution in [0.25, 0.3) is 0 Å². The molecule has 0 aromatic heterocycles. The Morgan fingerprint density at radius 2 is 2.16 bits per heavy atom. The van der Waals surface area contributed by atoms with Gasteiger partial charge in [-0.2, -0.15) is 5.26 Å². The van der Waals surface area contributed by atoms with E-state index in [-0.39, 0.29) is 11.3 Å². The number of benzene rings is 1. The lowest BCUT2D eigenvalue weighted by molar-refractivity contribution is -0.385. The van der Waals surface area contributed by atoms with E-state index in [9.17, 15) is 10.1 Å². The van der Waals surface area contributed by atoms with Gasteiger partial charge >= 0.3 is 0 Å². The Balaban J connectivity index is 3.22. The molecule has 1 aromatic carbocycles. The molecule has 1 rings (SSSR count). The number of hydrogen-bond acceptors (Lipinski definition) is 4. The van der Waals surface area contributed by atoms with E-state index in [0.717, 1.165) is 25.1 Å². The molecule has 0 fully saturated rings. The van der Waals surface area contributed by atoms with Gasteiger partial charge in [0.1, 0.15) is 11.6 Å². The molecule has 0 heterocycles. The predicted octanol–water partition coefficient (Wildman–Crippen LogP) is 3.48. The fourth-order valence-electron chi connectivity index (χ4n) is 2.01.